The van der Waals surface area contributed by atoms with Crippen molar-refractivity contribution in [2.24, 2.45) is 0 Å². The number of sulfonamides is 1. The average Bonchev–Trinajstić information content (AvgIpc) is 3.32. The molecule has 0 aliphatic carbocycles. The smallest absolute Gasteiger partial charge is 0.348 e. The molecule has 10 heteroatoms. The van der Waals surface area contributed by atoms with Gasteiger partial charge in [-0.15, -0.1) is 11.3 Å². The third kappa shape index (κ3) is 4.86. The summed E-state index contributed by atoms with van der Waals surface area (Å²) in [5, 5.41) is 2.55. The summed E-state index contributed by atoms with van der Waals surface area (Å²) in [4.78, 5) is 24.2. The van der Waals surface area contributed by atoms with Crippen LogP contribution in [0.15, 0.2) is 41.3 Å². The van der Waals surface area contributed by atoms with Crippen molar-refractivity contribution in [2.75, 3.05) is 25.0 Å². The van der Waals surface area contributed by atoms with Gasteiger partial charge in [-0.1, -0.05) is 11.6 Å². The minimum absolute atomic E-state index is 0.184. The van der Waals surface area contributed by atoms with Crippen LogP contribution in [0.1, 0.15) is 22.5 Å². The molecule has 2 heterocycles. The number of benzene rings is 1. The highest BCUT2D eigenvalue weighted by molar-refractivity contribution is 7.89. The van der Waals surface area contributed by atoms with Gasteiger partial charge in [0.15, 0.2) is 6.61 Å². The fourth-order valence-electron chi connectivity index (χ4n) is 2.61. The van der Waals surface area contributed by atoms with Crippen molar-refractivity contribution in [2.45, 2.75) is 17.7 Å². The zero-order chi connectivity index (χ0) is 19.4. The summed E-state index contributed by atoms with van der Waals surface area (Å²) in [6.45, 7) is 0.603. The van der Waals surface area contributed by atoms with E-state index in [2.05, 4.69) is 5.32 Å². The van der Waals surface area contributed by atoms with E-state index in [-0.39, 0.29) is 4.90 Å². The van der Waals surface area contributed by atoms with Crippen LogP contribution in [0.25, 0.3) is 0 Å². The maximum atomic E-state index is 12.5. The van der Waals surface area contributed by atoms with E-state index in [0.717, 1.165) is 24.2 Å². The van der Waals surface area contributed by atoms with Gasteiger partial charge >= 0.3 is 5.97 Å². The van der Waals surface area contributed by atoms with E-state index >= 15 is 0 Å². The van der Waals surface area contributed by atoms with E-state index in [9.17, 15) is 18.0 Å². The highest BCUT2D eigenvalue weighted by Crippen LogP contribution is 2.23. The van der Waals surface area contributed by atoms with Crippen molar-refractivity contribution in [1.29, 1.82) is 0 Å². The maximum Gasteiger partial charge on any atom is 0.348 e. The van der Waals surface area contributed by atoms with Gasteiger partial charge in [0.1, 0.15) is 4.88 Å². The Morgan fingerprint density at radius 1 is 1.11 bits per heavy atom. The summed E-state index contributed by atoms with van der Waals surface area (Å²) in [5.41, 5.74) is 0.413. The minimum Gasteiger partial charge on any atom is -0.451 e. The molecule has 0 unspecified atom stereocenters. The quantitative estimate of drug-likeness (QED) is 0.714. The molecule has 1 aliphatic heterocycles. The van der Waals surface area contributed by atoms with Crippen LogP contribution < -0.4 is 5.32 Å². The van der Waals surface area contributed by atoms with Crippen LogP contribution in [-0.2, 0) is 19.6 Å². The number of nitrogens with one attached hydrogen (secondary N) is 1. The SMILES string of the molecule is O=C(COC(=O)c1ccc(Cl)s1)Nc1ccc(S(=O)(=O)N2CCCC2)cc1. The van der Waals surface area contributed by atoms with Crippen molar-refractivity contribution in [3.8, 4) is 0 Å². The average molecular weight is 429 g/mol. The molecule has 27 heavy (non-hydrogen) atoms. The molecule has 1 saturated heterocycles. The largest absolute Gasteiger partial charge is 0.451 e. The molecule has 1 amide bonds. The van der Waals surface area contributed by atoms with Crippen LogP contribution in [-0.4, -0.2) is 44.3 Å². The molecule has 144 valence electrons. The van der Waals surface area contributed by atoms with Gasteiger partial charge in [0.25, 0.3) is 5.91 Å². The first-order valence-electron chi connectivity index (χ1n) is 8.19. The van der Waals surface area contributed by atoms with E-state index in [4.69, 9.17) is 16.3 Å². The molecule has 1 aliphatic rings. The van der Waals surface area contributed by atoms with Gasteiger partial charge in [0.05, 0.1) is 9.23 Å². The predicted octanol–water partition coefficient (Wildman–Crippen LogP) is 2.98. The van der Waals surface area contributed by atoms with E-state index in [1.807, 2.05) is 0 Å². The van der Waals surface area contributed by atoms with Gasteiger partial charge in [0, 0.05) is 18.8 Å². The highest BCUT2D eigenvalue weighted by atomic mass is 35.5. The Morgan fingerprint density at radius 2 is 1.78 bits per heavy atom. The Morgan fingerprint density at radius 3 is 2.37 bits per heavy atom. The van der Waals surface area contributed by atoms with Crippen molar-refractivity contribution >= 4 is 50.5 Å². The lowest BCUT2D eigenvalue weighted by atomic mass is 10.3. The van der Waals surface area contributed by atoms with Crippen molar-refractivity contribution < 1.29 is 22.7 Å². The first kappa shape index (κ1) is 19.8. The molecular formula is C17H17ClN2O5S2. The lowest BCUT2D eigenvalue weighted by Gasteiger charge is -2.15. The number of thiophene rings is 1. The van der Waals surface area contributed by atoms with Crippen LogP contribution in [0.5, 0.6) is 0 Å². The number of carbonyl (C=O) groups excluding carboxylic acids is 2. The molecule has 0 bridgehead atoms. The number of anilines is 1. The summed E-state index contributed by atoms with van der Waals surface area (Å²) in [7, 11) is -3.49. The zero-order valence-corrected chi connectivity index (χ0v) is 16.6. The van der Waals surface area contributed by atoms with E-state index in [1.54, 1.807) is 6.07 Å². The third-order valence-electron chi connectivity index (χ3n) is 3.95. The Kier molecular flexibility index (Phi) is 6.15. The lowest BCUT2D eigenvalue weighted by molar-refractivity contribution is -0.119. The Balaban J connectivity index is 1.54. The van der Waals surface area contributed by atoms with Gasteiger partial charge in [-0.3, -0.25) is 4.79 Å². The van der Waals surface area contributed by atoms with Crippen LogP contribution in [0.4, 0.5) is 5.69 Å². The maximum absolute atomic E-state index is 12.5. The Bertz CT molecular complexity index is 934. The second-order valence-corrected chi connectivity index (χ2v) is 9.52. The van der Waals surface area contributed by atoms with Crippen molar-refractivity contribution in [3.63, 3.8) is 0 Å². The number of amides is 1. The first-order valence-corrected chi connectivity index (χ1v) is 10.8. The summed E-state index contributed by atoms with van der Waals surface area (Å²) in [6.07, 6.45) is 1.73. The Hall–Kier alpha value is -1.94. The summed E-state index contributed by atoms with van der Waals surface area (Å²) in [6, 6.07) is 8.99. The molecule has 0 atom stereocenters. The fraction of sp³-hybridized carbons (Fsp3) is 0.294. The molecule has 1 fully saturated rings. The Labute approximate surface area is 165 Å². The molecule has 1 N–H and O–H groups in total. The molecule has 1 aromatic carbocycles. The summed E-state index contributed by atoms with van der Waals surface area (Å²) in [5.74, 6) is -1.16. The monoisotopic (exact) mass is 428 g/mol. The molecular weight excluding hydrogens is 412 g/mol. The van der Waals surface area contributed by atoms with Crippen molar-refractivity contribution in [1.82, 2.24) is 4.31 Å². The number of hydrogen-bond donors (Lipinski definition) is 1. The molecule has 1 aromatic heterocycles. The van der Waals surface area contributed by atoms with E-state index < -0.39 is 28.5 Å². The zero-order valence-electron chi connectivity index (χ0n) is 14.2. The third-order valence-corrected chi connectivity index (χ3v) is 7.07. The molecule has 0 spiro atoms. The number of ether oxygens (including phenoxy) is 1. The number of carbonyl (C=O) groups is 2. The van der Waals surface area contributed by atoms with Crippen LogP contribution in [0, 0.1) is 0 Å². The first-order chi connectivity index (χ1) is 12.9. The van der Waals surface area contributed by atoms with Gasteiger partial charge < -0.3 is 10.1 Å². The minimum atomic E-state index is -3.49. The molecule has 0 saturated carbocycles. The second-order valence-electron chi connectivity index (χ2n) is 5.86. The van der Waals surface area contributed by atoms with Gasteiger partial charge in [-0.25, -0.2) is 13.2 Å². The fourth-order valence-corrected chi connectivity index (χ4v) is 5.07. The number of halogens is 1. The summed E-state index contributed by atoms with van der Waals surface area (Å²) >= 11 is 6.81. The standard InChI is InChI=1S/C17H17ClN2O5S2/c18-15-8-7-14(26-15)17(22)25-11-16(21)19-12-3-5-13(6-4-12)27(23,24)20-9-1-2-10-20/h3-8H,1-2,9-11H2,(H,19,21). The van der Waals surface area contributed by atoms with E-state index in [1.165, 1.54) is 34.6 Å². The number of esters is 1. The molecule has 0 radical (unpaired) electrons. The second kappa shape index (κ2) is 8.39. The normalized spacial score (nSPS) is 14.9. The number of nitrogens with zero attached hydrogens (tertiary/aromatic N) is 1. The van der Waals surface area contributed by atoms with Gasteiger partial charge in [-0.05, 0) is 49.2 Å². The molecule has 2 aromatic rings. The van der Waals surface area contributed by atoms with Gasteiger partial charge in [0.2, 0.25) is 10.0 Å². The summed E-state index contributed by atoms with van der Waals surface area (Å²) < 4.78 is 31.7. The van der Waals surface area contributed by atoms with Crippen LogP contribution in [0.2, 0.25) is 4.34 Å². The highest BCUT2D eigenvalue weighted by Gasteiger charge is 2.26. The van der Waals surface area contributed by atoms with Crippen LogP contribution in [0.3, 0.4) is 0 Å². The number of rotatable bonds is 6. The lowest BCUT2D eigenvalue weighted by Crippen LogP contribution is -2.27. The predicted molar refractivity (Wildman–Crippen MR) is 103 cm³/mol. The van der Waals surface area contributed by atoms with E-state index in [0.29, 0.717) is 28.0 Å². The topological polar surface area (TPSA) is 92.8 Å². The van der Waals surface area contributed by atoms with Gasteiger partial charge in [-0.2, -0.15) is 4.31 Å². The molecule has 3 rings (SSSR count). The van der Waals surface area contributed by atoms with Crippen molar-refractivity contribution in [3.05, 3.63) is 45.6 Å². The van der Waals surface area contributed by atoms with Crippen LogP contribution >= 0.6 is 22.9 Å². The number of hydrogen-bond acceptors (Lipinski definition) is 6. The molecule has 7 nitrogen and oxygen atoms in total.